The second-order valence-electron chi connectivity index (χ2n) is 6.17. The van der Waals surface area contributed by atoms with Gasteiger partial charge in [0.2, 0.25) is 0 Å². The van der Waals surface area contributed by atoms with Gasteiger partial charge in [-0.05, 0) is 49.6 Å². The highest BCUT2D eigenvalue weighted by molar-refractivity contribution is 9.09. The Kier molecular flexibility index (Phi) is 8.42. The van der Waals surface area contributed by atoms with Crippen LogP contribution in [-0.4, -0.2) is 12.6 Å². The summed E-state index contributed by atoms with van der Waals surface area (Å²) in [4.78, 5) is 12.1. The van der Waals surface area contributed by atoms with Gasteiger partial charge in [-0.3, -0.25) is 4.79 Å². The van der Waals surface area contributed by atoms with Gasteiger partial charge in [-0.2, -0.15) is 0 Å². The van der Waals surface area contributed by atoms with Crippen LogP contribution in [0.3, 0.4) is 0 Å². The minimum atomic E-state index is -0.230. The van der Waals surface area contributed by atoms with E-state index in [2.05, 4.69) is 59.0 Å². The average molecular weight is 429 g/mol. The maximum Gasteiger partial charge on any atom is 0.307 e. The standard InChI is InChI=1S/C23H25BrO3/c1-4-6-21(15-23(25)26-5-2)20-11-13-22(14-12-20)27-16-18-7-9-19(10-8-18)17(3)24/h7-14,17,21H,5,15-16H2,1-3H3/t17-,21-/m0/s1. The third kappa shape index (κ3) is 6.77. The van der Waals surface area contributed by atoms with Crippen LogP contribution >= 0.6 is 15.9 Å². The van der Waals surface area contributed by atoms with E-state index in [1.54, 1.807) is 13.8 Å². The molecule has 0 unspecified atom stereocenters. The third-order valence-corrected chi connectivity index (χ3v) is 4.65. The Labute approximate surface area is 170 Å². The van der Waals surface area contributed by atoms with Gasteiger partial charge in [0, 0.05) is 4.83 Å². The maximum absolute atomic E-state index is 11.8. The molecule has 2 aromatic rings. The maximum atomic E-state index is 11.8. The molecule has 0 spiro atoms. The van der Waals surface area contributed by atoms with E-state index in [-0.39, 0.29) is 18.3 Å². The second kappa shape index (κ2) is 10.8. The molecule has 2 rings (SSSR count). The molecule has 0 aliphatic carbocycles. The minimum absolute atomic E-state index is 0.165. The topological polar surface area (TPSA) is 35.5 Å². The van der Waals surface area contributed by atoms with Crippen LogP contribution in [0.15, 0.2) is 48.5 Å². The van der Waals surface area contributed by atoms with Gasteiger partial charge in [-0.1, -0.05) is 58.2 Å². The van der Waals surface area contributed by atoms with Crippen molar-refractivity contribution in [1.82, 2.24) is 0 Å². The van der Waals surface area contributed by atoms with E-state index in [1.165, 1.54) is 5.56 Å². The Hall–Kier alpha value is -2.25. The summed E-state index contributed by atoms with van der Waals surface area (Å²) in [5, 5.41) is 0. The highest BCUT2D eigenvalue weighted by Crippen LogP contribution is 2.24. The van der Waals surface area contributed by atoms with Crippen LogP contribution in [0.2, 0.25) is 0 Å². The third-order valence-electron chi connectivity index (χ3n) is 4.12. The molecule has 2 aromatic carbocycles. The van der Waals surface area contributed by atoms with E-state index in [1.807, 2.05) is 24.3 Å². The van der Waals surface area contributed by atoms with E-state index in [9.17, 15) is 4.79 Å². The summed E-state index contributed by atoms with van der Waals surface area (Å²) in [5.74, 6) is 6.37. The average Bonchev–Trinajstić information content (AvgIpc) is 2.67. The lowest BCUT2D eigenvalue weighted by Crippen LogP contribution is -2.09. The molecule has 0 N–H and O–H groups in total. The summed E-state index contributed by atoms with van der Waals surface area (Å²) < 4.78 is 10.9. The number of rotatable bonds is 8. The van der Waals surface area contributed by atoms with Gasteiger partial charge in [0.1, 0.15) is 12.4 Å². The highest BCUT2D eigenvalue weighted by Gasteiger charge is 2.15. The number of carbonyl (C=O) groups excluding carboxylic acids is 1. The summed E-state index contributed by atoms with van der Waals surface area (Å²) in [6.07, 6.45) is 0.257. The summed E-state index contributed by atoms with van der Waals surface area (Å²) in [6.45, 7) is 6.58. The van der Waals surface area contributed by atoms with Crippen molar-refractivity contribution in [3.05, 3.63) is 65.2 Å². The van der Waals surface area contributed by atoms with E-state index in [4.69, 9.17) is 9.47 Å². The van der Waals surface area contributed by atoms with Crippen molar-refractivity contribution in [2.24, 2.45) is 0 Å². The van der Waals surface area contributed by atoms with Crippen LogP contribution in [-0.2, 0) is 16.1 Å². The number of carbonyl (C=O) groups is 1. The zero-order valence-electron chi connectivity index (χ0n) is 16.0. The SMILES string of the molecule is CC#C[C@@H](CC(=O)OCC)c1ccc(OCc2ccc([C@H](C)Br)cc2)cc1. The van der Waals surface area contributed by atoms with Crippen LogP contribution < -0.4 is 4.74 Å². The Balaban J connectivity index is 1.98. The van der Waals surface area contributed by atoms with Crippen molar-refractivity contribution < 1.29 is 14.3 Å². The molecular formula is C23H25BrO3. The fourth-order valence-corrected chi connectivity index (χ4v) is 2.96. The predicted molar refractivity (Wildman–Crippen MR) is 112 cm³/mol. The first-order valence-electron chi connectivity index (χ1n) is 9.07. The van der Waals surface area contributed by atoms with Crippen LogP contribution in [0, 0.1) is 11.8 Å². The van der Waals surface area contributed by atoms with Crippen molar-refractivity contribution in [2.75, 3.05) is 6.61 Å². The molecular weight excluding hydrogens is 404 g/mol. The van der Waals surface area contributed by atoms with Crippen molar-refractivity contribution >= 4 is 21.9 Å². The van der Waals surface area contributed by atoms with Gasteiger partial charge in [-0.25, -0.2) is 0 Å². The molecule has 142 valence electrons. The molecule has 0 aliphatic heterocycles. The summed E-state index contributed by atoms with van der Waals surface area (Å²) in [6, 6.07) is 16.1. The number of hydrogen-bond acceptors (Lipinski definition) is 3. The van der Waals surface area contributed by atoms with E-state index < -0.39 is 0 Å². The molecule has 0 aromatic heterocycles. The van der Waals surface area contributed by atoms with E-state index in [0.717, 1.165) is 16.9 Å². The summed E-state index contributed by atoms with van der Waals surface area (Å²) in [5.41, 5.74) is 3.35. The number of ether oxygens (including phenoxy) is 2. The largest absolute Gasteiger partial charge is 0.489 e. The molecule has 27 heavy (non-hydrogen) atoms. The van der Waals surface area contributed by atoms with Gasteiger partial charge in [0.15, 0.2) is 0 Å². The number of hydrogen-bond donors (Lipinski definition) is 0. The van der Waals surface area contributed by atoms with Gasteiger partial charge >= 0.3 is 5.97 Å². The molecule has 0 fully saturated rings. The van der Waals surface area contributed by atoms with E-state index in [0.29, 0.717) is 18.0 Å². The molecule has 0 bridgehead atoms. The fourth-order valence-electron chi connectivity index (χ4n) is 2.66. The fraction of sp³-hybridized carbons (Fsp3) is 0.348. The Bertz CT molecular complexity index is 783. The van der Waals surface area contributed by atoms with Crippen molar-refractivity contribution in [3.63, 3.8) is 0 Å². The first-order chi connectivity index (χ1) is 13.0. The van der Waals surface area contributed by atoms with Gasteiger partial charge < -0.3 is 9.47 Å². The Morgan fingerprint density at radius 2 is 1.70 bits per heavy atom. The number of esters is 1. The Morgan fingerprint density at radius 1 is 1.07 bits per heavy atom. The number of halogens is 1. The van der Waals surface area contributed by atoms with Gasteiger partial charge in [-0.15, -0.1) is 5.92 Å². The molecule has 0 heterocycles. The molecule has 0 saturated heterocycles. The van der Waals surface area contributed by atoms with Crippen LogP contribution in [0.25, 0.3) is 0 Å². The quantitative estimate of drug-likeness (QED) is 0.303. The van der Waals surface area contributed by atoms with Gasteiger partial charge in [0.05, 0.1) is 18.9 Å². The Morgan fingerprint density at radius 3 is 2.26 bits per heavy atom. The van der Waals surface area contributed by atoms with Crippen LogP contribution in [0.1, 0.15) is 54.6 Å². The lowest BCUT2D eigenvalue weighted by molar-refractivity contribution is -0.143. The molecule has 0 amide bonds. The predicted octanol–water partition coefficient (Wildman–Crippen LogP) is 5.78. The van der Waals surface area contributed by atoms with Crippen molar-refractivity contribution in [2.45, 2.75) is 44.5 Å². The van der Waals surface area contributed by atoms with Crippen LogP contribution in [0.5, 0.6) is 5.75 Å². The zero-order valence-corrected chi connectivity index (χ0v) is 17.6. The molecule has 3 nitrogen and oxygen atoms in total. The molecule has 0 saturated carbocycles. The van der Waals surface area contributed by atoms with Gasteiger partial charge in [0.25, 0.3) is 0 Å². The zero-order chi connectivity index (χ0) is 19.6. The van der Waals surface area contributed by atoms with E-state index >= 15 is 0 Å². The number of benzene rings is 2. The molecule has 0 aliphatic rings. The lowest BCUT2D eigenvalue weighted by atomic mass is 9.96. The lowest BCUT2D eigenvalue weighted by Gasteiger charge is -2.12. The first kappa shape index (κ1) is 21.1. The van der Waals surface area contributed by atoms with Crippen LogP contribution in [0.4, 0.5) is 0 Å². The van der Waals surface area contributed by atoms with Crippen molar-refractivity contribution in [1.29, 1.82) is 0 Å². The summed E-state index contributed by atoms with van der Waals surface area (Å²) in [7, 11) is 0. The minimum Gasteiger partial charge on any atom is -0.489 e. The molecule has 2 atom stereocenters. The first-order valence-corrected chi connectivity index (χ1v) is 9.98. The van der Waals surface area contributed by atoms with Crippen molar-refractivity contribution in [3.8, 4) is 17.6 Å². The normalized spacial score (nSPS) is 12.4. The number of alkyl halides is 1. The molecule has 0 radical (unpaired) electrons. The highest BCUT2D eigenvalue weighted by atomic mass is 79.9. The smallest absolute Gasteiger partial charge is 0.307 e. The molecule has 4 heteroatoms. The second-order valence-corrected chi connectivity index (χ2v) is 7.54. The summed E-state index contributed by atoms with van der Waals surface area (Å²) >= 11 is 3.57. The monoisotopic (exact) mass is 428 g/mol.